The molecule has 2 amide bonds. The molecule has 8 nitrogen and oxygen atoms in total. The first-order valence-corrected chi connectivity index (χ1v) is 8.86. The number of carbonyl (C=O) groups is 3. The maximum absolute atomic E-state index is 12.4. The van der Waals surface area contributed by atoms with E-state index >= 15 is 0 Å². The largest absolute Gasteiger partial charge is 0.495 e. The van der Waals surface area contributed by atoms with E-state index in [1.165, 1.54) is 26.0 Å². The van der Waals surface area contributed by atoms with E-state index in [1.807, 2.05) is 0 Å². The second-order valence-corrected chi connectivity index (χ2v) is 6.52. The third-order valence-electron chi connectivity index (χ3n) is 4.16. The van der Waals surface area contributed by atoms with Crippen LogP contribution >= 0.6 is 11.6 Å². The summed E-state index contributed by atoms with van der Waals surface area (Å²) in [5.41, 5.74) is 0.496. The van der Waals surface area contributed by atoms with Crippen molar-refractivity contribution in [1.82, 2.24) is 5.32 Å². The summed E-state index contributed by atoms with van der Waals surface area (Å²) in [5.74, 6) is -1.45. The van der Waals surface area contributed by atoms with Crippen molar-refractivity contribution < 1.29 is 28.6 Å². The molecule has 0 spiro atoms. The maximum atomic E-state index is 12.4. The Bertz CT molecular complexity index is 711. The Morgan fingerprint density at radius 1 is 1.37 bits per heavy atom. The number of hydrogen-bond donors (Lipinski definition) is 1. The fraction of sp³-hybridized carbons (Fsp3) is 0.500. The van der Waals surface area contributed by atoms with Crippen LogP contribution in [-0.2, 0) is 23.9 Å². The number of nitrogens with one attached hydrogen (secondary N) is 1. The number of amides is 2. The van der Waals surface area contributed by atoms with Crippen LogP contribution in [0.25, 0.3) is 0 Å². The molecule has 2 rings (SSSR count). The van der Waals surface area contributed by atoms with E-state index < -0.39 is 23.9 Å². The minimum atomic E-state index is -0.959. The highest BCUT2D eigenvalue weighted by Crippen LogP contribution is 2.35. The van der Waals surface area contributed by atoms with Gasteiger partial charge in [-0.3, -0.25) is 14.4 Å². The lowest BCUT2D eigenvalue weighted by molar-refractivity contribution is -0.158. The van der Waals surface area contributed by atoms with Crippen LogP contribution in [0.1, 0.15) is 13.3 Å². The van der Waals surface area contributed by atoms with Gasteiger partial charge < -0.3 is 24.4 Å². The molecule has 1 aliphatic heterocycles. The molecule has 27 heavy (non-hydrogen) atoms. The van der Waals surface area contributed by atoms with Crippen molar-refractivity contribution in [3.8, 4) is 5.75 Å². The number of hydrogen-bond acceptors (Lipinski definition) is 6. The van der Waals surface area contributed by atoms with Gasteiger partial charge in [-0.15, -0.1) is 0 Å². The van der Waals surface area contributed by atoms with Crippen LogP contribution in [-0.4, -0.2) is 57.8 Å². The van der Waals surface area contributed by atoms with Crippen molar-refractivity contribution in [2.45, 2.75) is 19.4 Å². The molecule has 1 aromatic carbocycles. The van der Waals surface area contributed by atoms with Crippen molar-refractivity contribution >= 4 is 35.1 Å². The second-order valence-electron chi connectivity index (χ2n) is 6.08. The van der Waals surface area contributed by atoms with Crippen molar-refractivity contribution in [3.05, 3.63) is 23.2 Å². The Morgan fingerprint density at radius 3 is 2.78 bits per heavy atom. The zero-order chi connectivity index (χ0) is 20.0. The molecule has 2 atom stereocenters. The molecule has 1 heterocycles. The Balaban J connectivity index is 1.99. The quantitative estimate of drug-likeness (QED) is 0.525. The molecule has 0 radical (unpaired) electrons. The molecule has 1 aliphatic rings. The van der Waals surface area contributed by atoms with Crippen LogP contribution < -0.4 is 15.0 Å². The minimum absolute atomic E-state index is 0.00743. The lowest BCUT2D eigenvalue weighted by Gasteiger charge is -2.20. The molecular formula is C18H23ClN2O6. The summed E-state index contributed by atoms with van der Waals surface area (Å²) in [6.45, 7) is 2.29. The number of carbonyl (C=O) groups excluding carboxylic acids is 3. The molecule has 0 saturated carbocycles. The van der Waals surface area contributed by atoms with E-state index in [-0.39, 0.29) is 18.9 Å². The summed E-state index contributed by atoms with van der Waals surface area (Å²) < 4.78 is 15.3. The number of benzene rings is 1. The van der Waals surface area contributed by atoms with E-state index in [1.54, 1.807) is 18.2 Å². The number of halogens is 1. The smallest absolute Gasteiger partial charge is 0.312 e. The molecule has 0 unspecified atom stereocenters. The normalized spacial score (nSPS) is 17.6. The molecule has 1 saturated heterocycles. The summed E-state index contributed by atoms with van der Waals surface area (Å²) in [7, 11) is 3.01. The predicted molar refractivity (Wildman–Crippen MR) is 98.9 cm³/mol. The molecule has 1 N–H and O–H groups in total. The summed E-state index contributed by atoms with van der Waals surface area (Å²) in [6, 6.07) is 4.92. The van der Waals surface area contributed by atoms with Crippen molar-refractivity contribution in [2.75, 3.05) is 38.8 Å². The number of methoxy groups -OCH3 is 2. The molecule has 1 fully saturated rings. The van der Waals surface area contributed by atoms with Crippen molar-refractivity contribution in [2.24, 2.45) is 5.92 Å². The van der Waals surface area contributed by atoms with Crippen LogP contribution in [0.3, 0.4) is 0 Å². The van der Waals surface area contributed by atoms with E-state index in [4.69, 9.17) is 25.8 Å². The molecule has 0 aromatic heterocycles. The van der Waals surface area contributed by atoms with Gasteiger partial charge >= 0.3 is 5.97 Å². The summed E-state index contributed by atoms with van der Waals surface area (Å²) in [6.07, 6.45) is -0.966. The fourth-order valence-electron chi connectivity index (χ4n) is 2.72. The van der Waals surface area contributed by atoms with Crippen LogP contribution in [0.4, 0.5) is 5.69 Å². The molecule has 148 valence electrons. The Hall–Kier alpha value is -2.32. The number of rotatable bonds is 8. The van der Waals surface area contributed by atoms with Crippen molar-refractivity contribution in [1.29, 1.82) is 0 Å². The first-order valence-electron chi connectivity index (χ1n) is 8.48. The Kier molecular flexibility index (Phi) is 7.44. The van der Waals surface area contributed by atoms with Crippen LogP contribution in [0.2, 0.25) is 5.02 Å². The summed E-state index contributed by atoms with van der Waals surface area (Å²) in [4.78, 5) is 38.1. The maximum Gasteiger partial charge on any atom is 0.312 e. The topological polar surface area (TPSA) is 94.2 Å². The molecular weight excluding hydrogens is 376 g/mol. The summed E-state index contributed by atoms with van der Waals surface area (Å²) >= 11 is 6.02. The van der Waals surface area contributed by atoms with E-state index in [2.05, 4.69) is 5.32 Å². The second kappa shape index (κ2) is 9.57. The van der Waals surface area contributed by atoms with Gasteiger partial charge in [0, 0.05) is 31.6 Å². The van der Waals surface area contributed by atoms with Gasteiger partial charge in [0.05, 0.1) is 25.3 Å². The number of ether oxygens (including phenoxy) is 3. The SMILES string of the molecule is COCCNC(=O)[C@H](C)OC(=O)[C@@H]1CC(=O)N(c2cc(Cl)ccc2OC)C1. The zero-order valence-corrected chi connectivity index (χ0v) is 16.2. The van der Waals surface area contributed by atoms with Gasteiger partial charge in [-0.1, -0.05) is 11.6 Å². The standard InChI is InChI=1S/C18H23ClN2O6/c1-11(17(23)20-6-7-25-2)27-18(24)12-8-16(22)21(10-12)14-9-13(19)4-5-15(14)26-3/h4-5,9,11-12H,6-8,10H2,1-3H3,(H,20,23)/t11-,12+/m0/s1. The predicted octanol–water partition coefficient (Wildman–Crippen LogP) is 1.40. The highest BCUT2D eigenvalue weighted by molar-refractivity contribution is 6.31. The summed E-state index contributed by atoms with van der Waals surface area (Å²) in [5, 5.41) is 3.04. The van der Waals surface area contributed by atoms with Crippen LogP contribution in [0, 0.1) is 5.92 Å². The first-order chi connectivity index (χ1) is 12.9. The van der Waals surface area contributed by atoms with Crippen LogP contribution in [0.5, 0.6) is 5.75 Å². The highest BCUT2D eigenvalue weighted by Gasteiger charge is 2.38. The first kappa shape index (κ1) is 21.0. The van der Waals surface area contributed by atoms with E-state index in [0.717, 1.165) is 0 Å². The monoisotopic (exact) mass is 398 g/mol. The number of anilines is 1. The van der Waals surface area contributed by atoms with Gasteiger partial charge in [-0.05, 0) is 25.1 Å². The van der Waals surface area contributed by atoms with Gasteiger partial charge in [-0.2, -0.15) is 0 Å². The van der Waals surface area contributed by atoms with Gasteiger partial charge in [0.15, 0.2) is 6.10 Å². The minimum Gasteiger partial charge on any atom is -0.495 e. The lowest BCUT2D eigenvalue weighted by atomic mass is 10.1. The van der Waals surface area contributed by atoms with Gasteiger partial charge in [0.25, 0.3) is 5.91 Å². The lowest BCUT2D eigenvalue weighted by Crippen LogP contribution is -2.38. The molecule has 1 aromatic rings. The highest BCUT2D eigenvalue weighted by atomic mass is 35.5. The van der Waals surface area contributed by atoms with Gasteiger partial charge in [-0.25, -0.2) is 0 Å². The molecule has 0 aliphatic carbocycles. The third-order valence-corrected chi connectivity index (χ3v) is 4.39. The number of esters is 1. The Morgan fingerprint density at radius 2 is 2.11 bits per heavy atom. The third kappa shape index (κ3) is 5.33. The van der Waals surface area contributed by atoms with Crippen LogP contribution in [0.15, 0.2) is 18.2 Å². The average Bonchev–Trinajstić information content (AvgIpc) is 3.03. The molecule has 0 bridgehead atoms. The van der Waals surface area contributed by atoms with E-state index in [9.17, 15) is 14.4 Å². The molecule has 9 heteroatoms. The number of nitrogens with zero attached hydrogens (tertiary/aromatic N) is 1. The van der Waals surface area contributed by atoms with E-state index in [0.29, 0.717) is 29.6 Å². The zero-order valence-electron chi connectivity index (χ0n) is 15.5. The van der Waals surface area contributed by atoms with Crippen molar-refractivity contribution in [3.63, 3.8) is 0 Å². The Labute approximate surface area is 162 Å². The van der Waals surface area contributed by atoms with Gasteiger partial charge in [0.1, 0.15) is 5.75 Å². The average molecular weight is 399 g/mol. The van der Waals surface area contributed by atoms with Gasteiger partial charge in [0.2, 0.25) is 5.91 Å². The fourth-order valence-corrected chi connectivity index (χ4v) is 2.88.